The van der Waals surface area contributed by atoms with Crippen LogP contribution in [0.2, 0.25) is 10.0 Å². The Bertz CT molecular complexity index is 1480. The lowest BCUT2D eigenvalue weighted by Gasteiger charge is -2.48. The van der Waals surface area contributed by atoms with Crippen molar-refractivity contribution in [1.29, 1.82) is 0 Å². The highest BCUT2D eigenvalue weighted by Gasteiger charge is 2.48. The van der Waals surface area contributed by atoms with Gasteiger partial charge in [0.1, 0.15) is 5.75 Å². The Kier molecular flexibility index (Phi) is 7.62. The van der Waals surface area contributed by atoms with Crippen LogP contribution in [0.25, 0.3) is 0 Å². The molecule has 41 heavy (non-hydrogen) atoms. The summed E-state index contributed by atoms with van der Waals surface area (Å²) in [7, 11) is 1.97. The molecule has 216 valence electrons. The van der Waals surface area contributed by atoms with E-state index in [-0.39, 0.29) is 34.9 Å². The van der Waals surface area contributed by atoms with Gasteiger partial charge in [-0.05, 0) is 66.5 Å². The fourth-order valence-corrected chi connectivity index (χ4v) is 6.72. The molecule has 0 radical (unpaired) electrons. The molecule has 5 rings (SSSR count). The molecular weight excluding hydrogens is 559 g/mol. The lowest BCUT2D eigenvalue weighted by atomic mass is 9.63. The largest absolute Gasteiger partial charge is 0.483 e. The quantitative estimate of drug-likeness (QED) is 0.385. The number of ketones is 2. The van der Waals surface area contributed by atoms with Gasteiger partial charge in [0.15, 0.2) is 18.2 Å². The Labute approximate surface area is 251 Å². The first-order valence-electron chi connectivity index (χ1n) is 13.9. The molecule has 8 heteroatoms. The second-order valence-corrected chi connectivity index (χ2v) is 13.9. The summed E-state index contributed by atoms with van der Waals surface area (Å²) in [6.45, 7) is 10.0. The first-order chi connectivity index (χ1) is 19.2. The van der Waals surface area contributed by atoms with Crippen LogP contribution in [0.15, 0.2) is 58.9 Å². The number of ether oxygens (including phenoxy) is 1. The van der Waals surface area contributed by atoms with E-state index in [0.29, 0.717) is 63.9 Å². The number of amides is 1. The predicted molar refractivity (Wildman–Crippen MR) is 162 cm³/mol. The number of halogens is 2. The maximum Gasteiger partial charge on any atom is 0.262 e. The zero-order valence-electron chi connectivity index (χ0n) is 24.4. The number of hydrogen-bond acceptors (Lipinski definition) is 5. The third-order valence-electron chi connectivity index (χ3n) is 8.28. The van der Waals surface area contributed by atoms with E-state index >= 15 is 0 Å². The fraction of sp³-hybridized carbons (Fsp3) is 0.424. The molecule has 0 fully saturated rings. The molecule has 1 heterocycles. The molecular formula is C33H36Cl2N2O4. The number of hydrogen-bond donors (Lipinski definition) is 1. The highest BCUT2D eigenvalue weighted by atomic mass is 35.5. The van der Waals surface area contributed by atoms with Crippen LogP contribution in [0.5, 0.6) is 5.75 Å². The Hall–Kier alpha value is -3.09. The first-order valence-corrected chi connectivity index (χ1v) is 14.7. The molecule has 2 aromatic carbocycles. The van der Waals surface area contributed by atoms with Crippen molar-refractivity contribution in [2.45, 2.75) is 66.2 Å². The van der Waals surface area contributed by atoms with Crippen molar-refractivity contribution in [2.75, 3.05) is 19.0 Å². The summed E-state index contributed by atoms with van der Waals surface area (Å²) in [5, 5.41) is 3.83. The van der Waals surface area contributed by atoms with E-state index in [2.05, 4.69) is 37.9 Å². The van der Waals surface area contributed by atoms with Gasteiger partial charge in [0.2, 0.25) is 0 Å². The van der Waals surface area contributed by atoms with Gasteiger partial charge in [-0.15, -0.1) is 0 Å². The van der Waals surface area contributed by atoms with Crippen LogP contribution in [-0.2, 0) is 14.4 Å². The van der Waals surface area contributed by atoms with Gasteiger partial charge < -0.3 is 15.0 Å². The summed E-state index contributed by atoms with van der Waals surface area (Å²) in [6.07, 6.45) is 2.20. The monoisotopic (exact) mass is 594 g/mol. The van der Waals surface area contributed by atoms with Gasteiger partial charge in [0.05, 0.1) is 0 Å². The summed E-state index contributed by atoms with van der Waals surface area (Å²) in [6, 6.07) is 10.5. The number of benzene rings is 2. The van der Waals surface area contributed by atoms with E-state index in [4.69, 9.17) is 27.9 Å². The van der Waals surface area contributed by atoms with Crippen LogP contribution >= 0.6 is 23.2 Å². The second-order valence-electron chi connectivity index (χ2n) is 13.1. The number of anilines is 1. The molecule has 6 nitrogen and oxygen atoms in total. The van der Waals surface area contributed by atoms with E-state index in [9.17, 15) is 14.4 Å². The van der Waals surface area contributed by atoms with Crippen molar-refractivity contribution >= 4 is 46.4 Å². The number of rotatable bonds is 5. The maximum atomic E-state index is 13.8. The fourth-order valence-electron chi connectivity index (χ4n) is 6.36. The number of aryl methyl sites for hydroxylation is 1. The van der Waals surface area contributed by atoms with E-state index < -0.39 is 5.92 Å². The SMILES string of the molecule is Cc1ccc(NC(=O)COc2ccc(Cl)cc2C2C3=C(CC(C)(C)CC3=O)N(C)C3=C2C(=O)CC(C)(C)C3)cc1Cl. The van der Waals surface area contributed by atoms with E-state index in [0.717, 1.165) is 17.0 Å². The van der Waals surface area contributed by atoms with Crippen molar-refractivity contribution < 1.29 is 19.1 Å². The van der Waals surface area contributed by atoms with E-state index in [1.807, 2.05) is 20.0 Å². The molecule has 1 amide bonds. The molecule has 0 atom stereocenters. The first kappa shape index (κ1) is 29.4. The Balaban J connectivity index is 1.55. The minimum Gasteiger partial charge on any atom is -0.483 e. The highest BCUT2D eigenvalue weighted by Crippen LogP contribution is 2.55. The predicted octanol–water partition coefficient (Wildman–Crippen LogP) is 7.63. The van der Waals surface area contributed by atoms with Crippen LogP contribution < -0.4 is 10.1 Å². The Morgan fingerprint density at radius 2 is 1.51 bits per heavy atom. The van der Waals surface area contributed by atoms with Crippen LogP contribution in [0, 0.1) is 17.8 Å². The molecule has 2 aliphatic carbocycles. The van der Waals surface area contributed by atoms with Gasteiger partial charge in [-0.1, -0.05) is 57.0 Å². The van der Waals surface area contributed by atoms with Crippen LogP contribution in [0.4, 0.5) is 5.69 Å². The third-order valence-corrected chi connectivity index (χ3v) is 8.92. The smallest absolute Gasteiger partial charge is 0.262 e. The standard InChI is InChI=1S/C33H36Cl2N2O4/c1-18-7-9-20(12-22(18)35)36-28(40)17-41-27-10-8-19(34)11-21(27)29-30-23(13-32(2,3)15-25(30)38)37(6)24-14-33(4,5)16-26(39)31(24)29/h7-12,29H,13-17H2,1-6H3,(H,36,40). The number of carbonyl (C=O) groups is 3. The van der Waals surface area contributed by atoms with Gasteiger partial charge in [0, 0.05) is 69.6 Å². The normalized spacial score (nSPS) is 20.1. The molecule has 0 saturated heterocycles. The number of Topliss-reactive ketones (excluding diaryl/α,β-unsaturated/α-hetero) is 2. The average Bonchev–Trinajstić information content (AvgIpc) is 2.85. The van der Waals surface area contributed by atoms with Crippen LogP contribution in [-0.4, -0.2) is 36.0 Å². The lowest BCUT2D eigenvalue weighted by molar-refractivity contribution is -0.120. The molecule has 0 saturated carbocycles. The molecule has 3 aliphatic rings. The maximum absolute atomic E-state index is 13.8. The van der Waals surface area contributed by atoms with E-state index in [1.165, 1.54) is 0 Å². The summed E-state index contributed by atoms with van der Waals surface area (Å²) >= 11 is 12.7. The van der Waals surface area contributed by atoms with Crippen LogP contribution in [0.3, 0.4) is 0 Å². The van der Waals surface area contributed by atoms with Crippen molar-refractivity contribution in [3.05, 3.63) is 80.1 Å². The van der Waals surface area contributed by atoms with Gasteiger partial charge in [-0.2, -0.15) is 0 Å². The number of carbonyl (C=O) groups excluding carboxylic acids is 3. The zero-order valence-corrected chi connectivity index (χ0v) is 25.9. The molecule has 2 aromatic rings. The number of allylic oxidation sites excluding steroid dienone is 4. The zero-order chi connectivity index (χ0) is 29.9. The summed E-state index contributed by atoms with van der Waals surface area (Å²) in [5.74, 6) is -0.513. The lowest BCUT2D eigenvalue weighted by Crippen LogP contribution is -2.43. The Morgan fingerprint density at radius 1 is 0.927 bits per heavy atom. The minimum absolute atomic E-state index is 0.0252. The van der Waals surface area contributed by atoms with Gasteiger partial charge in [-0.3, -0.25) is 14.4 Å². The summed E-state index contributed by atoms with van der Waals surface area (Å²) in [5.41, 5.74) is 4.84. The summed E-state index contributed by atoms with van der Waals surface area (Å²) in [4.78, 5) is 42.6. The molecule has 0 bridgehead atoms. The molecule has 0 spiro atoms. The number of nitrogens with one attached hydrogen (secondary N) is 1. The van der Waals surface area contributed by atoms with Gasteiger partial charge in [0.25, 0.3) is 5.91 Å². The van der Waals surface area contributed by atoms with Crippen molar-refractivity contribution in [1.82, 2.24) is 4.90 Å². The van der Waals surface area contributed by atoms with E-state index in [1.54, 1.807) is 30.3 Å². The second kappa shape index (κ2) is 10.6. The number of nitrogens with zero attached hydrogens (tertiary/aromatic N) is 1. The van der Waals surface area contributed by atoms with Crippen molar-refractivity contribution in [3.63, 3.8) is 0 Å². The van der Waals surface area contributed by atoms with Gasteiger partial charge in [-0.25, -0.2) is 0 Å². The van der Waals surface area contributed by atoms with Crippen molar-refractivity contribution in [2.24, 2.45) is 10.8 Å². The average molecular weight is 596 g/mol. The van der Waals surface area contributed by atoms with Crippen molar-refractivity contribution in [3.8, 4) is 5.75 Å². The summed E-state index contributed by atoms with van der Waals surface area (Å²) < 4.78 is 6.09. The Morgan fingerprint density at radius 3 is 2.07 bits per heavy atom. The molecule has 0 unspecified atom stereocenters. The molecule has 1 aliphatic heterocycles. The van der Waals surface area contributed by atoms with Gasteiger partial charge >= 0.3 is 0 Å². The minimum atomic E-state index is -0.615. The molecule has 0 aromatic heterocycles. The third kappa shape index (κ3) is 5.82. The topological polar surface area (TPSA) is 75.7 Å². The molecule has 1 N–H and O–H groups in total. The highest BCUT2D eigenvalue weighted by molar-refractivity contribution is 6.31. The van der Waals surface area contributed by atoms with Crippen LogP contribution in [0.1, 0.15) is 70.4 Å².